The van der Waals surface area contributed by atoms with Crippen LogP contribution in [0.3, 0.4) is 0 Å². The van der Waals surface area contributed by atoms with Crippen molar-refractivity contribution in [2.75, 3.05) is 5.32 Å². The third-order valence-corrected chi connectivity index (χ3v) is 3.22. The van der Waals surface area contributed by atoms with Crippen molar-refractivity contribution in [3.8, 4) is 5.75 Å². The summed E-state index contributed by atoms with van der Waals surface area (Å²) in [7, 11) is 0. The van der Waals surface area contributed by atoms with E-state index in [0.29, 0.717) is 11.3 Å². The largest absolute Gasteiger partial charge is 0.573 e. The van der Waals surface area contributed by atoms with Crippen molar-refractivity contribution in [3.05, 3.63) is 71.9 Å². The summed E-state index contributed by atoms with van der Waals surface area (Å²) >= 11 is 0. The van der Waals surface area contributed by atoms with E-state index < -0.39 is 6.36 Å². The fourth-order valence-corrected chi connectivity index (χ4v) is 1.97. The molecule has 0 atom stereocenters. The fraction of sp³-hybridized carbons (Fsp3) is 0.167. The number of alkyl halides is 3. The Kier molecular flexibility index (Phi) is 5.63. The van der Waals surface area contributed by atoms with E-state index in [1.54, 1.807) is 12.1 Å². The Labute approximate surface area is 137 Å². The zero-order valence-electron chi connectivity index (χ0n) is 12.9. The van der Waals surface area contributed by atoms with Gasteiger partial charge in [0, 0.05) is 23.5 Å². The van der Waals surface area contributed by atoms with Gasteiger partial charge in [-0.3, -0.25) is 4.79 Å². The van der Waals surface area contributed by atoms with E-state index in [0.717, 1.165) is 12.0 Å². The van der Waals surface area contributed by atoms with Gasteiger partial charge >= 0.3 is 6.36 Å². The van der Waals surface area contributed by atoms with Crippen LogP contribution in [0, 0.1) is 0 Å². The average molecular weight is 335 g/mol. The number of ketones is 1. The van der Waals surface area contributed by atoms with E-state index in [1.807, 2.05) is 19.1 Å². The first-order valence-electron chi connectivity index (χ1n) is 7.29. The Balaban J connectivity index is 1.92. The van der Waals surface area contributed by atoms with Gasteiger partial charge < -0.3 is 10.1 Å². The van der Waals surface area contributed by atoms with Crippen LogP contribution in [0.5, 0.6) is 5.75 Å². The molecule has 3 nitrogen and oxygen atoms in total. The van der Waals surface area contributed by atoms with Crippen LogP contribution in [0.2, 0.25) is 0 Å². The highest BCUT2D eigenvalue weighted by Crippen LogP contribution is 2.23. The number of nitrogens with one attached hydrogen (secondary N) is 1. The molecule has 2 aromatic carbocycles. The molecule has 0 aliphatic rings. The average Bonchev–Trinajstić information content (AvgIpc) is 2.55. The van der Waals surface area contributed by atoms with Gasteiger partial charge in [0.05, 0.1) is 0 Å². The van der Waals surface area contributed by atoms with E-state index in [1.165, 1.54) is 36.5 Å². The van der Waals surface area contributed by atoms with Gasteiger partial charge in [-0.1, -0.05) is 31.2 Å². The van der Waals surface area contributed by atoms with Crippen molar-refractivity contribution in [2.45, 2.75) is 19.7 Å². The fourth-order valence-electron chi connectivity index (χ4n) is 1.97. The highest BCUT2D eigenvalue weighted by Gasteiger charge is 2.30. The van der Waals surface area contributed by atoms with Crippen molar-refractivity contribution in [1.29, 1.82) is 0 Å². The molecule has 2 aromatic rings. The molecule has 0 radical (unpaired) electrons. The van der Waals surface area contributed by atoms with Crippen LogP contribution in [0.4, 0.5) is 18.9 Å². The monoisotopic (exact) mass is 335 g/mol. The molecule has 0 aliphatic carbocycles. The molecule has 0 heterocycles. The summed E-state index contributed by atoms with van der Waals surface area (Å²) in [5.74, 6) is -0.466. The summed E-state index contributed by atoms with van der Waals surface area (Å²) in [5.41, 5.74) is 2.25. The smallest absolute Gasteiger partial charge is 0.406 e. The maximum atomic E-state index is 12.1. The molecular weight excluding hydrogens is 319 g/mol. The SMILES string of the molecule is CCc1ccc(C(=O)/C=C/Nc2ccc(OC(F)(F)F)cc2)cc1. The van der Waals surface area contributed by atoms with Crippen LogP contribution in [0.15, 0.2) is 60.8 Å². The van der Waals surface area contributed by atoms with Crippen LogP contribution in [-0.2, 0) is 6.42 Å². The van der Waals surface area contributed by atoms with Crippen LogP contribution >= 0.6 is 0 Å². The molecule has 0 saturated heterocycles. The lowest BCUT2D eigenvalue weighted by Crippen LogP contribution is -2.16. The van der Waals surface area contributed by atoms with Crippen molar-refractivity contribution < 1.29 is 22.7 Å². The number of aryl methyl sites for hydroxylation is 1. The van der Waals surface area contributed by atoms with Crippen molar-refractivity contribution in [1.82, 2.24) is 0 Å². The van der Waals surface area contributed by atoms with Gasteiger partial charge in [-0.15, -0.1) is 13.2 Å². The van der Waals surface area contributed by atoms with Gasteiger partial charge in [0.2, 0.25) is 0 Å². The number of ether oxygens (including phenoxy) is 1. The van der Waals surface area contributed by atoms with E-state index >= 15 is 0 Å². The minimum absolute atomic E-state index is 0.165. The predicted molar refractivity (Wildman–Crippen MR) is 86.0 cm³/mol. The van der Waals surface area contributed by atoms with Gasteiger partial charge in [-0.25, -0.2) is 0 Å². The summed E-state index contributed by atoms with van der Waals surface area (Å²) < 4.78 is 39.9. The Hall–Kier alpha value is -2.76. The highest BCUT2D eigenvalue weighted by molar-refractivity contribution is 6.04. The van der Waals surface area contributed by atoms with Crippen LogP contribution in [-0.4, -0.2) is 12.1 Å². The number of halogens is 3. The van der Waals surface area contributed by atoms with Gasteiger partial charge in [-0.05, 0) is 36.2 Å². The molecule has 6 heteroatoms. The van der Waals surface area contributed by atoms with E-state index in [-0.39, 0.29) is 11.5 Å². The topological polar surface area (TPSA) is 38.3 Å². The molecular formula is C18H16F3NO2. The summed E-state index contributed by atoms with van der Waals surface area (Å²) in [4.78, 5) is 12.0. The second-order valence-electron chi connectivity index (χ2n) is 4.96. The summed E-state index contributed by atoms with van der Waals surface area (Å²) in [6.07, 6.45) is -1.01. The van der Waals surface area contributed by atoms with Crippen molar-refractivity contribution in [2.24, 2.45) is 0 Å². The molecule has 0 spiro atoms. The number of anilines is 1. The number of rotatable bonds is 6. The first kappa shape index (κ1) is 17.6. The van der Waals surface area contributed by atoms with Crippen LogP contribution in [0.1, 0.15) is 22.8 Å². The van der Waals surface area contributed by atoms with Crippen LogP contribution in [0.25, 0.3) is 0 Å². The first-order chi connectivity index (χ1) is 11.4. The third kappa shape index (κ3) is 5.46. The number of carbonyl (C=O) groups is 1. The number of benzene rings is 2. The molecule has 0 aliphatic heterocycles. The summed E-state index contributed by atoms with van der Waals surface area (Å²) in [6, 6.07) is 12.5. The molecule has 0 bridgehead atoms. The first-order valence-corrected chi connectivity index (χ1v) is 7.29. The summed E-state index contributed by atoms with van der Waals surface area (Å²) in [5, 5.41) is 2.82. The molecule has 1 N–H and O–H groups in total. The molecule has 0 fully saturated rings. The van der Waals surface area contributed by atoms with Crippen molar-refractivity contribution >= 4 is 11.5 Å². The van der Waals surface area contributed by atoms with Gasteiger partial charge in [0.25, 0.3) is 0 Å². The summed E-state index contributed by atoms with van der Waals surface area (Å²) in [6.45, 7) is 2.03. The lowest BCUT2D eigenvalue weighted by Gasteiger charge is -2.09. The Morgan fingerprint density at radius 1 is 1.08 bits per heavy atom. The molecule has 24 heavy (non-hydrogen) atoms. The molecule has 0 saturated carbocycles. The molecule has 126 valence electrons. The lowest BCUT2D eigenvalue weighted by atomic mass is 10.1. The lowest BCUT2D eigenvalue weighted by molar-refractivity contribution is -0.274. The minimum atomic E-state index is -4.71. The van der Waals surface area contributed by atoms with Crippen LogP contribution < -0.4 is 10.1 Å². The predicted octanol–water partition coefficient (Wildman–Crippen LogP) is 4.96. The molecule has 0 unspecified atom stereocenters. The highest BCUT2D eigenvalue weighted by atomic mass is 19.4. The molecule has 0 aromatic heterocycles. The number of allylic oxidation sites excluding steroid dienone is 1. The number of hydrogen-bond donors (Lipinski definition) is 1. The van der Waals surface area contributed by atoms with Gasteiger partial charge in [0.15, 0.2) is 5.78 Å². The zero-order chi connectivity index (χ0) is 17.6. The van der Waals surface area contributed by atoms with E-state index in [4.69, 9.17) is 0 Å². The minimum Gasteiger partial charge on any atom is -0.406 e. The third-order valence-electron chi connectivity index (χ3n) is 3.22. The maximum Gasteiger partial charge on any atom is 0.573 e. The Bertz CT molecular complexity index is 705. The second kappa shape index (κ2) is 7.68. The van der Waals surface area contributed by atoms with E-state index in [2.05, 4.69) is 10.1 Å². The quantitative estimate of drug-likeness (QED) is 0.599. The number of carbonyl (C=O) groups excluding carboxylic acids is 1. The van der Waals surface area contributed by atoms with Crippen molar-refractivity contribution in [3.63, 3.8) is 0 Å². The Morgan fingerprint density at radius 2 is 1.71 bits per heavy atom. The van der Waals surface area contributed by atoms with Gasteiger partial charge in [-0.2, -0.15) is 0 Å². The Morgan fingerprint density at radius 3 is 2.25 bits per heavy atom. The second-order valence-corrected chi connectivity index (χ2v) is 4.96. The van der Waals surface area contributed by atoms with Gasteiger partial charge in [0.1, 0.15) is 5.75 Å². The maximum absolute atomic E-state index is 12.1. The number of hydrogen-bond acceptors (Lipinski definition) is 3. The molecule has 2 rings (SSSR count). The zero-order valence-corrected chi connectivity index (χ0v) is 12.9. The standard InChI is InChI=1S/C18H16F3NO2/c1-2-13-3-5-14(6-4-13)17(23)11-12-22-15-7-9-16(10-8-15)24-18(19,20)21/h3-12,22H,2H2,1H3/b12-11+. The normalized spacial score (nSPS) is 11.5. The van der Waals surface area contributed by atoms with E-state index in [9.17, 15) is 18.0 Å². The molecule has 0 amide bonds.